The molecule has 3 heteroatoms. The first-order valence-electron chi connectivity index (χ1n) is 7.79. The Morgan fingerprint density at radius 2 is 2.00 bits per heavy atom. The summed E-state index contributed by atoms with van der Waals surface area (Å²) in [5.41, 5.74) is 2.80. The number of fused-ring (bicyclic) bond motifs is 1. The third-order valence-electron chi connectivity index (χ3n) is 4.35. The van der Waals surface area contributed by atoms with Gasteiger partial charge in [-0.25, -0.2) is 0 Å². The van der Waals surface area contributed by atoms with Gasteiger partial charge in [0.1, 0.15) is 0 Å². The Bertz CT molecular complexity index is 454. The molecule has 0 saturated heterocycles. The number of rotatable bonds is 6. The summed E-state index contributed by atoms with van der Waals surface area (Å²) in [6.45, 7) is 9.03. The van der Waals surface area contributed by atoms with Crippen LogP contribution in [0.15, 0.2) is 24.3 Å². The molecule has 3 nitrogen and oxygen atoms in total. The predicted octanol–water partition coefficient (Wildman–Crippen LogP) is 3.09. The summed E-state index contributed by atoms with van der Waals surface area (Å²) < 4.78 is 0. The standard InChI is InChI=1S/C17H26N2O/c1-4-18(5-2)17(20)11-10-14(3)19-13-12-15-8-6-7-9-16(15)19/h6-9,14H,4-5,10-13H2,1-3H3. The number of amides is 1. The van der Waals surface area contributed by atoms with E-state index in [-0.39, 0.29) is 5.91 Å². The Morgan fingerprint density at radius 1 is 1.30 bits per heavy atom. The van der Waals surface area contributed by atoms with Gasteiger partial charge in [0, 0.05) is 37.8 Å². The number of para-hydroxylation sites is 1. The van der Waals surface area contributed by atoms with Gasteiger partial charge < -0.3 is 9.80 Å². The maximum Gasteiger partial charge on any atom is 0.222 e. The van der Waals surface area contributed by atoms with Crippen LogP contribution in [0.4, 0.5) is 5.69 Å². The van der Waals surface area contributed by atoms with Crippen molar-refractivity contribution in [2.45, 2.75) is 46.1 Å². The zero-order chi connectivity index (χ0) is 14.5. The number of nitrogens with zero attached hydrogens (tertiary/aromatic N) is 2. The van der Waals surface area contributed by atoms with Gasteiger partial charge in [-0.2, -0.15) is 0 Å². The number of carbonyl (C=O) groups is 1. The minimum Gasteiger partial charge on any atom is -0.368 e. The van der Waals surface area contributed by atoms with Crippen LogP contribution in [-0.4, -0.2) is 36.5 Å². The lowest BCUT2D eigenvalue weighted by atomic mass is 10.1. The fraction of sp³-hybridized carbons (Fsp3) is 0.588. The molecule has 20 heavy (non-hydrogen) atoms. The summed E-state index contributed by atoms with van der Waals surface area (Å²) in [7, 11) is 0. The van der Waals surface area contributed by atoms with E-state index in [1.54, 1.807) is 0 Å². The molecular weight excluding hydrogens is 248 g/mol. The van der Waals surface area contributed by atoms with Crippen molar-refractivity contribution in [3.63, 3.8) is 0 Å². The van der Waals surface area contributed by atoms with Crippen molar-refractivity contribution in [2.75, 3.05) is 24.5 Å². The van der Waals surface area contributed by atoms with Gasteiger partial charge in [-0.3, -0.25) is 4.79 Å². The van der Waals surface area contributed by atoms with Crippen LogP contribution in [-0.2, 0) is 11.2 Å². The van der Waals surface area contributed by atoms with E-state index >= 15 is 0 Å². The van der Waals surface area contributed by atoms with Crippen LogP contribution in [0.2, 0.25) is 0 Å². The highest BCUT2D eigenvalue weighted by molar-refractivity contribution is 5.76. The fourth-order valence-electron chi connectivity index (χ4n) is 3.04. The lowest BCUT2D eigenvalue weighted by Crippen LogP contribution is -2.35. The van der Waals surface area contributed by atoms with Crippen LogP contribution in [0.1, 0.15) is 39.2 Å². The van der Waals surface area contributed by atoms with E-state index in [0.717, 1.165) is 32.5 Å². The summed E-state index contributed by atoms with van der Waals surface area (Å²) >= 11 is 0. The average molecular weight is 274 g/mol. The fourth-order valence-corrected chi connectivity index (χ4v) is 3.04. The molecule has 110 valence electrons. The first-order valence-corrected chi connectivity index (χ1v) is 7.79. The quantitative estimate of drug-likeness (QED) is 0.796. The first-order chi connectivity index (χ1) is 9.67. The zero-order valence-corrected chi connectivity index (χ0v) is 12.9. The molecule has 1 amide bonds. The second kappa shape index (κ2) is 6.78. The van der Waals surface area contributed by atoms with E-state index < -0.39 is 0 Å². The Labute approximate surface area is 122 Å². The van der Waals surface area contributed by atoms with Crippen molar-refractivity contribution < 1.29 is 4.79 Å². The van der Waals surface area contributed by atoms with Crippen LogP contribution >= 0.6 is 0 Å². The molecular formula is C17H26N2O. The maximum absolute atomic E-state index is 12.1. The van der Waals surface area contributed by atoms with Gasteiger partial charge in [-0.1, -0.05) is 18.2 Å². The molecule has 0 fully saturated rings. The zero-order valence-electron chi connectivity index (χ0n) is 12.9. The molecule has 0 bridgehead atoms. The molecule has 0 aromatic heterocycles. The normalized spacial score (nSPS) is 15.1. The Kier molecular flexibility index (Phi) is 5.05. The molecule has 1 aliphatic rings. The van der Waals surface area contributed by atoms with Crippen LogP contribution in [0.25, 0.3) is 0 Å². The highest BCUT2D eigenvalue weighted by Gasteiger charge is 2.23. The summed E-state index contributed by atoms with van der Waals surface area (Å²) in [6.07, 6.45) is 2.72. The van der Waals surface area contributed by atoms with Crippen molar-refractivity contribution in [1.82, 2.24) is 4.90 Å². The molecule has 0 N–H and O–H groups in total. The smallest absolute Gasteiger partial charge is 0.222 e. The van der Waals surface area contributed by atoms with Gasteiger partial charge in [-0.15, -0.1) is 0 Å². The van der Waals surface area contributed by atoms with E-state index in [4.69, 9.17) is 0 Å². The number of hydrogen-bond acceptors (Lipinski definition) is 2. The number of carbonyl (C=O) groups excluding carboxylic acids is 1. The van der Waals surface area contributed by atoms with E-state index in [1.165, 1.54) is 11.3 Å². The van der Waals surface area contributed by atoms with Gasteiger partial charge >= 0.3 is 0 Å². The molecule has 1 aliphatic heterocycles. The topological polar surface area (TPSA) is 23.6 Å². The predicted molar refractivity (Wildman–Crippen MR) is 84.1 cm³/mol. The van der Waals surface area contributed by atoms with Crippen molar-refractivity contribution in [1.29, 1.82) is 0 Å². The van der Waals surface area contributed by atoms with Crippen molar-refractivity contribution in [3.8, 4) is 0 Å². The summed E-state index contributed by atoms with van der Waals surface area (Å²) in [6, 6.07) is 9.05. The van der Waals surface area contributed by atoms with Gasteiger partial charge in [-0.05, 0) is 45.2 Å². The Hall–Kier alpha value is -1.51. The van der Waals surface area contributed by atoms with Crippen LogP contribution in [0.5, 0.6) is 0 Å². The summed E-state index contributed by atoms with van der Waals surface area (Å²) in [5.74, 6) is 0.286. The highest BCUT2D eigenvalue weighted by atomic mass is 16.2. The second-order valence-electron chi connectivity index (χ2n) is 5.53. The lowest BCUT2D eigenvalue weighted by molar-refractivity contribution is -0.130. The average Bonchev–Trinajstić information content (AvgIpc) is 2.90. The Balaban J connectivity index is 1.90. The minimum absolute atomic E-state index is 0.286. The van der Waals surface area contributed by atoms with Crippen LogP contribution < -0.4 is 4.90 Å². The van der Waals surface area contributed by atoms with Gasteiger partial charge in [0.15, 0.2) is 0 Å². The molecule has 0 spiro atoms. The minimum atomic E-state index is 0.286. The van der Waals surface area contributed by atoms with Crippen molar-refractivity contribution >= 4 is 11.6 Å². The second-order valence-corrected chi connectivity index (χ2v) is 5.53. The lowest BCUT2D eigenvalue weighted by Gasteiger charge is -2.28. The number of anilines is 1. The van der Waals surface area contributed by atoms with Crippen LogP contribution in [0.3, 0.4) is 0 Å². The summed E-state index contributed by atoms with van der Waals surface area (Å²) in [4.78, 5) is 16.4. The molecule has 1 heterocycles. The molecule has 0 saturated carbocycles. The Morgan fingerprint density at radius 3 is 2.70 bits per heavy atom. The van der Waals surface area contributed by atoms with Crippen molar-refractivity contribution in [3.05, 3.63) is 29.8 Å². The van der Waals surface area contributed by atoms with E-state index in [0.29, 0.717) is 12.5 Å². The van der Waals surface area contributed by atoms with Gasteiger partial charge in [0.2, 0.25) is 5.91 Å². The maximum atomic E-state index is 12.1. The van der Waals surface area contributed by atoms with Crippen LogP contribution in [0, 0.1) is 0 Å². The first kappa shape index (κ1) is 14.9. The molecule has 1 aromatic rings. The molecule has 0 radical (unpaired) electrons. The third kappa shape index (κ3) is 3.14. The van der Waals surface area contributed by atoms with E-state index in [1.807, 2.05) is 18.7 Å². The third-order valence-corrected chi connectivity index (χ3v) is 4.35. The van der Waals surface area contributed by atoms with Gasteiger partial charge in [0.05, 0.1) is 0 Å². The van der Waals surface area contributed by atoms with Gasteiger partial charge in [0.25, 0.3) is 0 Å². The monoisotopic (exact) mass is 274 g/mol. The summed E-state index contributed by atoms with van der Waals surface area (Å²) in [5, 5.41) is 0. The van der Waals surface area contributed by atoms with E-state index in [2.05, 4.69) is 36.1 Å². The van der Waals surface area contributed by atoms with Crippen molar-refractivity contribution in [2.24, 2.45) is 0 Å². The molecule has 1 unspecified atom stereocenters. The number of benzene rings is 1. The molecule has 1 aromatic carbocycles. The van der Waals surface area contributed by atoms with E-state index in [9.17, 15) is 4.79 Å². The molecule has 0 aliphatic carbocycles. The molecule has 2 rings (SSSR count). The molecule has 1 atom stereocenters. The largest absolute Gasteiger partial charge is 0.368 e. The highest BCUT2D eigenvalue weighted by Crippen LogP contribution is 2.30. The SMILES string of the molecule is CCN(CC)C(=O)CCC(C)N1CCc2ccccc21. The number of hydrogen-bond donors (Lipinski definition) is 0.